The van der Waals surface area contributed by atoms with E-state index in [1.807, 2.05) is 19.2 Å². The van der Waals surface area contributed by atoms with Crippen molar-refractivity contribution in [3.63, 3.8) is 0 Å². The first-order valence-electron chi connectivity index (χ1n) is 5.05. The minimum atomic E-state index is 0.674. The van der Waals surface area contributed by atoms with Crippen molar-refractivity contribution in [3.8, 4) is 0 Å². The molecule has 0 aliphatic heterocycles. The van der Waals surface area contributed by atoms with Crippen LogP contribution in [0.1, 0.15) is 11.3 Å². The van der Waals surface area contributed by atoms with Crippen molar-refractivity contribution in [2.75, 3.05) is 7.05 Å². The SMILES string of the molecule is CN(Cc1ccc(Br)cc1)Cc1nnsc1Cl. The summed E-state index contributed by atoms with van der Waals surface area (Å²) in [5.41, 5.74) is 2.10. The van der Waals surface area contributed by atoms with Gasteiger partial charge in [0.2, 0.25) is 0 Å². The third-order valence-corrected chi connectivity index (χ3v) is 3.81. The van der Waals surface area contributed by atoms with Gasteiger partial charge < -0.3 is 0 Å². The Morgan fingerprint density at radius 3 is 2.59 bits per heavy atom. The first-order chi connectivity index (χ1) is 8.15. The summed E-state index contributed by atoms with van der Waals surface area (Å²) < 4.78 is 5.59. The molecule has 0 radical (unpaired) electrons. The van der Waals surface area contributed by atoms with Crippen LogP contribution in [-0.4, -0.2) is 21.5 Å². The fourth-order valence-corrected chi connectivity index (χ4v) is 2.38. The summed E-state index contributed by atoms with van der Waals surface area (Å²) in [6.45, 7) is 1.58. The highest BCUT2D eigenvalue weighted by atomic mass is 79.9. The van der Waals surface area contributed by atoms with Gasteiger partial charge in [0.1, 0.15) is 10.0 Å². The summed E-state index contributed by atoms with van der Waals surface area (Å²) in [5, 5.41) is 4.00. The fourth-order valence-electron chi connectivity index (χ4n) is 1.50. The molecule has 0 saturated carbocycles. The van der Waals surface area contributed by atoms with Crippen LogP contribution in [-0.2, 0) is 13.1 Å². The molecule has 0 atom stereocenters. The van der Waals surface area contributed by atoms with Gasteiger partial charge in [-0.2, -0.15) is 0 Å². The minimum absolute atomic E-state index is 0.674. The molecule has 0 bridgehead atoms. The van der Waals surface area contributed by atoms with Gasteiger partial charge in [0.05, 0.1) is 0 Å². The Balaban J connectivity index is 1.95. The van der Waals surface area contributed by atoms with E-state index in [2.05, 4.69) is 42.5 Å². The second-order valence-corrected chi connectivity index (χ2v) is 6.06. The van der Waals surface area contributed by atoms with Crippen LogP contribution in [0, 0.1) is 0 Å². The molecule has 0 aliphatic rings. The highest BCUT2D eigenvalue weighted by molar-refractivity contribution is 9.10. The molecule has 17 heavy (non-hydrogen) atoms. The standard InChI is InChI=1S/C11H11BrClN3S/c1-16(7-10-11(13)17-15-14-10)6-8-2-4-9(12)5-3-8/h2-5H,6-7H2,1H3. The van der Waals surface area contributed by atoms with Crippen LogP contribution in [0.2, 0.25) is 4.34 Å². The van der Waals surface area contributed by atoms with E-state index in [-0.39, 0.29) is 0 Å². The Kier molecular flexibility index (Phi) is 4.50. The number of rotatable bonds is 4. The van der Waals surface area contributed by atoms with Crippen molar-refractivity contribution in [1.29, 1.82) is 0 Å². The van der Waals surface area contributed by atoms with Crippen LogP contribution < -0.4 is 0 Å². The van der Waals surface area contributed by atoms with Gasteiger partial charge in [-0.3, -0.25) is 4.90 Å². The maximum Gasteiger partial charge on any atom is 0.138 e. The van der Waals surface area contributed by atoms with Gasteiger partial charge in [-0.1, -0.05) is 44.2 Å². The molecule has 0 spiro atoms. The lowest BCUT2D eigenvalue weighted by Crippen LogP contribution is -2.17. The van der Waals surface area contributed by atoms with E-state index in [1.54, 1.807) is 0 Å². The average molecular weight is 333 g/mol. The molecule has 1 aromatic heterocycles. The van der Waals surface area contributed by atoms with Gasteiger partial charge >= 0.3 is 0 Å². The van der Waals surface area contributed by atoms with E-state index in [0.717, 1.165) is 16.7 Å². The topological polar surface area (TPSA) is 29.0 Å². The third kappa shape index (κ3) is 3.74. The Morgan fingerprint density at radius 1 is 1.29 bits per heavy atom. The first kappa shape index (κ1) is 13.0. The summed E-state index contributed by atoms with van der Waals surface area (Å²) in [4.78, 5) is 2.16. The summed E-state index contributed by atoms with van der Waals surface area (Å²) in [5.74, 6) is 0. The van der Waals surface area contributed by atoms with Crippen LogP contribution in [0.25, 0.3) is 0 Å². The van der Waals surface area contributed by atoms with Crippen molar-refractivity contribution >= 4 is 39.1 Å². The molecule has 90 valence electrons. The van der Waals surface area contributed by atoms with Crippen molar-refractivity contribution in [2.24, 2.45) is 0 Å². The van der Waals surface area contributed by atoms with Crippen molar-refractivity contribution in [1.82, 2.24) is 14.5 Å². The van der Waals surface area contributed by atoms with Crippen LogP contribution in [0.5, 0.6) is 0 Å². The van der Waals surface area contributed by atoms with Gasteiger partial charge in [-0.25, -0.2) is 0 Å². The molecular formula is C11H11BrClN3S. The van der Waals surface area contributed by atoms with E-state index in [1.165, 1.54) is 17.1 Å². The Hall–Kier alpha value is -0.490. The highest BCUT2D eigenvalue weighted by Gasteiger charge is 2.08. The highest BCUT2D eigenvalue weighted by Crippen LogP contribution is 2.19. The number of hydrogen-bond donors (Lipinski definition) is 0. The molecule has 0 fully saturated rings. The first-order valence-corrected chi connectivity index (χ1v) is 6.99. The second-order valence-electron chi connectivity index (χ2n) is 3.79. The quantitative estimate of drug-likeness (QED) is 0.857. The molecule has 0 amide bonds. The number of aromatic nitrogens is 2. The number of benzene rings is 1. The van der Waals surface area contributed by atoms with Crippen LogP contribution >= 0.6 is 39.1 Å². The van der Waals surface area contributed by atoms with Crippen molar-refractivity contribution in [2.45, 2.75) is 13.1 Å². The van der Waals surface area contributed by atoms with Gasteiger partial charge in [0.15, 0.2) is 0 Å². The predicted molar refractivity (Wildman–Crippen MR) is 74.2 cm³/mol. The van der Waals surface area contributed by atoms with Crippen LogP contribution in [0.3, 0.4) is 0 Å². The maximum atomic E-state index is 5.97. The zero-order chi connectivity index (χ0) is 12.3. The molecule has 1 heterocycles. The predicted octanol–water partition coefficient (Wildman–Crippen LogP) is 3.59. The average Bonchev–Trinajstić information content (AvgIpc) is 2.68. The van der Waals surface area contributed by atoms with Gasteiger partial charge in [-0.15, -0.1) is 5.10 Å². The molecule has 0 N–H and O–H groups in total. The van der Waals surface area contributed by atoms with E-state index in [0.29, 0.717) is 10.9 Å². The fraction of sp³-hybridized carbons (Fsp3) is 0.273. The molecule has 0 unspecified atom stereocenters. The number of hydrogen-bond acceptors (Lipinski definition) is 4. The summed E-state index contributed by atoms with van der Waals surface area (Å²) in [6, 6.07) is 8.28. The van der Waals surface area contributed by atoms with E-state index < -0.39 is 0 Å². The van der Waals surface area contributed by atoms with Crippen LogP contribution in [0.15, 0.2) is 28.7 Å². The minimum Gasteiger partial charge on any atom is -0.296 e. The lowest BCUT2D eigenvalue weighted by atomic mass is 10.2. The van der Waals surface area contributed by atoms with E-state index in [9.17, 15) is 0 Å². The number of halogens is 2. The van der Waals surface area contributed by atoms with Crippen molar-refractivity contribution < 1.29 is 0 Å². The lowest BCUT2D eigenvalue weighted by molar-refractivity contribution is 0.315. The van der Waals surface area contributed by atoms with Gasteiger partial charge in [0.25, 0.3) is 0 Å². The van der Waals surface area contributed by atoms with Gasteiger partial charge in [-0.05, 0) is 24.7 Å². The van der Waals surface area contributed by atoms with Crippen LogP contribution in [0.4, 0.5) is 0 Å². The summed E-state index contributed by atoms with van der Waals surface area (Å²) >= 11 is 10.6. The largest absolute Gasteiger partial charge is 0.296 e. The summed E-state index contributed by atoms with van der Waals surface area (Å²) in [7, 11) is 2.04. The monoisotopic (exact) mass is 331 g/mol. The van der Waals surface area contributed by atoms with E-state index in [4.69, 9.17) is 11.6 Å². The van der Waals surface area contributed by atoms with Crippen molar-refractivity contribution in [3.05, 3.63) is 44.3 Å². The molecular weight excluding hydrogens is 322 g/mol. The Bertz CT molecular complexity index is 486. The Labute approximate surface area is 118 Å². The molecule has 0 aliphatic carbocycles. The maximum absolute atomic E-state index is 5.97. The summed E-state index contributed by atoms with van der Waals surface area (Å²) in [6.07, 6.45) is 0. The Morgan fingerprint density at radius 2 is 2.00 bits per heavy atom. The molecule has 6 heteroatoms. The molecule has 2 aromatic rings. The number of nitrogens with zero attached hydrogens (tertiary/aromatic N) is 3. The molecule has 3 nitrogen and oxygen atoms in total. The smallest absolute Gasteiger partial charge is 0.138 e. The lowest BCUT2D eigenvalue weighted by Gasteiger charge is -2.15. The van der Waals surface area contributed by atoms with Gasteiger partial charge in [0, 0.05) is 29.1 Å². The zero-order valence-electron chi connectivity index (χ0n) is 9.23. The molecule has 1 aromatic carbocycles. The zero-order valence-corrected chi connectivity index (χ0v) is 12.4. The molecule has 2 rings (SSSR count). The third-order valence-electron chi connectivity index (χ3n) is 2.29. The second kappa shape index (κ2) is 5.91. The molecule has 0 saturated heterocycles. The normalized spacial score (nSPS) is 11.1. The van der Waals surface area contributed by atoms with E-state index >= 15 is 0 Å².